The summed E-state index contributed by atoms with van der Waals surface area (Å²) < 4.78 is 36.4. The molecule has 3 aromatic rings. The number of ketones is 1. The number of pyridine rings is 1. The minimum atomic E-state index is -1.40. The molecule has 5 rings (SSSR count). The monoisotopic (exact) mass is 575 g/mol. The van der Waals surface area contributed by atoms with Gasteiger partial charge in [0.2, 0.25) is 11.8 Å². The normalized spacial score (nSPS) is 16.7. The zero-order chi connectivity index (χ0) is 30.0. The van der Waals surface area contributed by atoms with E-state index in [2.05, 4.69) is 4.98 Å². The van der Waals surface area contributed by atoms with Gasteiger partial charge in [-0.25, -0.2) is 8.78 Å². The summed E-state index contributed by atoms with van der Waals surface area (Å²) in [5.74, 6) is -2.01. The van der Waals surface area contributed by atoms with Gasteiger partial charge in [-0.3, -0.25) is 19.4 Å². The molecule has 0 aliphatic carbocycles. The van der Waals surface area contributed by atoms with Crippen molar-refractivity contribution in [2.75, 3.05) is 26.7 Å². The van der Waals surface area contributed by atoms with E-state index in [4.69, 9.17) is 4.74 Å². The Hall–Kier alpha value is -4.14. The predicted octanol–water partition coefficient (Wildman–Crippen LogP) is 4.75. The first kappa shape index (κ1) is 29.4. The van der Waals surface area contributed by atoms with Crippen LogP contribution in [0, 0.1) is 11.6 Å². The highest BCUT2D eigenvalue weighted by molar-refractivity contribution is 5.93. The first-order valence-corrected chi connectivity index (χ1v) is 14.3. The summed E-state index contributed by atoms with van der Waals surface area (Å²) in [7, 11) is 1.56. The number of rotatable bonds is 8. The Morgan fingerprint density at radius 2 is 1.69 bits per heavy atom. The Bertz CT molecular complexity index is 1480. The van der Waals surface area contributed by atoms with Crippen molar-refractivity contribution in [2.24, 2.45) is 0 Å². The van der Waals surface area contributed by atoms with Gasteiger partial charge in [-0.15, -0.1) is 0 Å². The summed E-state index contributed by atoms with van der Waals surface area (Å²) in [6, 6.07) is 10.3. The van der Waals surface area contributed by atoms with Gasteiger partial charge in [0.05, 0.1) is 18.9 Å². The molecule has 9 heteroatoms. The fraction of sp³-hybridized carbons (Fsp3) is 0.394. The summed E-state index contributed by atoms with van der Waals surface area (Å²) in [5, 5.41) is 0. The van der Waals surface area contributed by atoms with Crippen molar-refractivity contribution >= 4 is 17.6 Å². The molecule has 1 aromatic heterocycles. The topological polar surface area (TPSA) is 79.8 Å². The van der Waals surface area contributed by atoms with Crippen LogP contribution in [-0.2, 0) is 39.1 Å². The first-order chi connectivity index (χ1) is 20.1. The van der Waals surface area contributed by atoms with Gasteiger partial charge in [0, 0.05) is 44.0 Å². The van der Waals surface area contributed by atoms with Crippen molar-refractivity contribution in [1.29, 1.82) is 0 Å². The van der Waals surface area contributed by atoms with Crippen LogP contribution in [0.4, 0.5) is 8.78 Å². The zero-order valence-corrected chi connectivity index (χ0v) is 24.2. The quantitative estimate of drug-likeness (QED) is 0.388. The summed E-state index contributed by atoms with van der Waals surface area (Å²) in [4.78, 5) is 47.7. The molecule has 2 aromatic carbocycles. The Kier molecular flexibility index (Phi) is 8.38. The lowest BCUT2D eigenvalue weighted by Gasteiger charge is -2.37. The largest absolute Gasteiger partial charge is 0.497 e. The number of methoxy groups -OCH3 is 1. The lowest BCUT2D eigenvalue weighted by molar-refractivity contribution is -0.139. The maximum Gasteiger partial charge on any atom is 0.232 e. The Balaban J connectivity index is 1.44. The molecule has 42 heavy (non-hydrogen) atoms. The highest BCUT2D eigenvalue weighted by Gasteiger charge is 2.40. The van der Waals surface area contributed by atoms with E-state index >= 15 is 8.78 Å². The van der Waals surface area contributed by atoms with Gasteiger partial charge in [0.15, 0.2) is 5.78 Å². The van der Waals surface area contributed by atoms with E-state index in [0.717, 1.165) is 36.1 Å². The van der Waals surface area contributed by atoms with Crippen LogP contribution in [0.25, 0.3) is 0 Å². The van der Waals surface area contributed by atoms with Gasteiger partial charge < -0.3 is 14.5 Å². The molecule has 0 bridgehead atoms. The van der Waals surface area contributed by atoms with E-state index in [1.54, 1.807) is 53.6 Å². The number of benzene rings is 2. The number of carbonyl (C=O) groups excluding carboxylic acids is 3. The van der Waals surface area contributed by atoms with Crippen LogP contribution in [0.2, 0.25) is 0 Å². The van der Waals surface area contributed by atoms with Gasteiger partial charge in [0.1, 0.15) is 23.4 Å². The molecule has 0 unspecified atom stereocenters. The number of halogens is 2. The van der Waals surface area contributed by atoms with E-state index in [1.165, 1.54) is 13.8 Å². The second kappa shape index (κ2) is 12.0. The van der Waals surface area contributed by atoms with Crippen molar-refractivity contribution in [3.8, 4) is 5.75 Å². The second-order valence-electron chi connectivity index (χ2n) is 11.5. The lowest BCUT2D eigenvalue weighted by atomic mass is 9.81. The van der Waals surface area contributed by atoms with Gasteiger partial charge in [-0.05, 0) is 85.7 Å². The van der Waals surface area contributed by atoms with Crippen LogP contribution in [-0.4, -0.2) is 59.1 Å². The number of hydrogen-bond donors (Lipinski definition) is 0. The smallest absolute Gasteiger partial charge is 0.232 e. The molecule has 3 heterocycles. The molecule has 1 atom stereocenters. The molecule has 0 radical (unpaired) electrons. The number of aromatic nitrogens is 1. The van der Waals surface area contributed by atoms with Crippen LogP contribution >= 0.6 is 0 Å². The average Bonchev–Trinajstić information content (AvgIpc) is 3.50. The molecule has 0 N–H and O–H groups in total. The van der Waals surface area contributed by atoms with Crippen molar-refractivity contribution in [3.05, 3.63) is 94.3 Å². The minimum Gasteiger partial charge on any atom is -0.497 e. The summed E-state index contributed by atoms with van der Waals surface area (Å²) >= 11 is 0. The average molecular weight is 576 g/mol. The van der Waals surface area contributed by atoms with Crippen molar-refractivity contribution < 1.29 is 27.9 Å². The third-order valence-corrected chi connectivity index (χ3v) is 8.32. The van der Waals surface area contributed by atoms with E-state index in [1.807, 2.05) is 6.07 Å². The maximum absolute atomic E-state index is 15.5. The number of amides is 2. The summed E-state index contributed by atoms with van der Waals surface area (Å²) in [6.07, 6.45) is 5.29. The number of ether oxygens (including phenoxy) is 1. The third-order valence-electron chi connectivity index (χ3n) is 8.32. The van der Waals surface area contributed by atoms with E-state index in [0.29, 0.717) is 37.4 Å². The Morgan fingerprint density at radius 1 is 0.976 bits per heavy atom. The molecule has 0 saturated carbocycles. The fourth-order valence-corrected chi connectivity index (χ4v) is 6.17. The number of fused-ring (bicyclic) bond motifs is 1. The molecule has 2 aliphatic rings. The van der Waals surface area contributed by atoms with E-state index < -0.39 is 23.1 Å². The number of Topliss-reactive ketones (excluding diaryl/α,β-unsaturated/α-hetero) is 1. The van der Waals surface area contributed by atoms with Crippen LogP contribution in [0.1, 0.15) is 60.5 Å². The molecule has 2 aliphatic heterocycles. The number of likely N-dealkylation sites (tertiary alicyclic amines) is 1. The van der Waals surface area contributed by atoms with E-state index in [-0.39, 0.29) is 41.6 Å². The van der Waals surface area contributed by atoms with Crippen LogP contribution in [0.3, 0.4) is 0 Å². The Labute approximate surface area is 244 Å². The standard InChI is InChI=1S/C33H35F2N3O4/c1-33(2,32(41)37-12-4-5-13-37)30-26(34)15-22(16-27(30)35)17-28(39)31-25-9-8-24(42-3)19-23(25)10-14-38(31)29(40)18-21-7-6-11-36-20-21/h6-9,11,15-16,19-20,31H,4-5,10,12-14,17-18H2,1-3H3/t31-/m1/s1. The van der Waals surface area contributed by atoms with Gasteiger partial charge >= 0.3 is 0 Å². The highest BCUT2D eigenvalue weighted by atomic mass is 19.1. The first-order valence-electron chi connectivity index (χ1n) is 14.3. The fourth-order valence-electron chi connectivity index (χ4n) is 6.17. The molecule has 7 nitrogen and oxygen atoms in total. The second-order valence-corrected chi connectivity index (χ2v) is 11.5. The molecule has 2 amide bonds. The molecular formula is C33H35F2N3O4. The van der Waals surface area contributed by atoms with Crippen molar-refractivity contribution in [3.63, 3.8) is 0 Å². The van der Waals surface area contributed by atoms with Crippen LogP contribution < -0.4 is 4.74 Å². The zero-order valence-electron chi connectivity index (χ0n) is 24.2. The third kappa shape index (κ3) is 5.78. The lowest BCUT2D eigenvalue weighted by Crippen LogP contribution is -2.44. The molecule has 220 valence electrons. The molecule has 0 spiro atoms. The van der Waals surface area contributed by atoms with Gasteiger partial charge in [0.25, 0.3) is 0 Å². The van der Waals surface area contributed by atoms with Crippen molar-refractivity contribution in [1.82, 2.24) is 14.8 Å². The predicted molar refractivity (Wildman–Crippen MR) is 153 cm³/mol. The Morgan fingerprint density at radius 3 is 2.33 bits per heavy atom. The summed E-state index contributed by atoms with van der Waals surface area (Å²) in [5.41, 5.74) is 0.703. The molecular weight excluding hydrogens is 540 g/mol. The van der Waals surface area contributed by atoms with Gasteiger partial charge in [-0.1, -0.05) is 12.1 Å². The van der Waals surface area contributed by atoms with Crippen molar-refractivity contribution in [2.45, 2.75) is 57.4 Å². The highest BCUT2D eigenvalue weighted by Crippen LogP contribution is 2.36. The van der Waals surface area contributed by atoms with E-state index in [9.17, 15) is 14.4 Å². The maximum atomic E-state index is 15.5. The minimum absolute atomic E-state index is 0.0706. The number of nitrogens with zero attached hydrogens (tertiary/aromatic N) is 3. The van der Waals surface area contributed by atoms with Gasteiger partial charge in [-0.2, -0.15) is 0 Å². The number of carbonyl (C=O) groups is 3. The molecule has 1 fully saturated rings. The molecule has 1 saturated heterocycles. The van der Waals surface area contributed by atoms with Crippen LogP contribution in [0.5, 0.6) is 5.75 Å². The summed E-state index contributed by atoms with van der Waals surface area (Å²) in [6.45, 7) is 4.51. The SMILES string of the molecule is COc1ccc2c(c1)CCN(C(=O)Cc1cccnc1)[C@H]2C(=O)Cc1cc(F)c(C(C)(C)C(=O)N2CCCC2)c(F)c1. The number of hydrogen-bond acceptors (Lipinski definition) is 5. The van der Waals surface area contributed by atoms with Crippen LogP contribution in [0.15, 0.2) is 54.9 Å².